The van der Waals surface area contributed by atoms with Crippen molar-refractivity contribution in [3.63, 3.8) is 0 Å². The van der Waals surface area contributed by atoms with E-state index in [0.717, 1.165) is 36.1 Å². The molecule has 0 aromatic carbocycles. The van der Waals surface area contributed by atoms with Crippen molar-refractivity contribution in [1.82, 2.24) is 4.98 Å². The summed E-state index contributed by atoms with van der Waals surface area (Å²) >= 11 is 0. The van der Waals surface area contributed by atoms with Crippen LogP contribution in [0.3, 0.4) is 0 Å². The van der Waals surface area contributed by atoms with Crippen LogP contribution in [0.4, 0.5) is 5.82 Å². The van der Waals surface area contributed by atoms with Gasteiger partial charge in [0.15, 0.2) is 0 Å². The van der Waals surface area contributed by atoms with Crippen molar-refractivity contribution >= 4 is 5.82 Å². The van der Waals surface area contributed by atoms with Gasteiger partial charge in [-0.15, -0.1) is 0 Å². The summed E-state index contributed by atoms with van der Waals surface area (Å²) in [6.07, 6.45) is 1.23. The van der Waals surface area contributed by atoms with Crippen LogP contribution in [0.1, 0.15) is 38.4 Å². The number of aryl methyl sites for hydroxylation is 1. The molecule has 18 heavy (non-hydrogen) atoms. The first-order valence-electron chi connectivity index (χ1n) is 6.73. The average Bonchev–Trinajstić information content (AvgIpc) is 2.77. The summed E-state index contributed by atoms with van der Waals surface area (Å²) in [5, 5.41) is 9.26. The zero-order valence-electron chi connectivity index (χ0n) is 11.9. The first kappa shape index (κ1) is 13.3. The first-order chi connectivity index (χ1) is 8.40. The quantitative estimate of drug-likeness (QED) is 0.874. The molecule has 1 aliphatic rings. The molecule has 1 aromatic heterocycles. The maximum Gasteiger partial charge on any atom is 0.129 e. The number of rotatable bonds is 2. The Morgan fingerprint density at radius 3 is 2.67 bits per heavy atom. The van der Waals surface area contributed by atoms with Crippen LogP contribution in [-0.2, 0) is 6.61 Å². The van der Waals surface area contributed by atoms with Crippen molar-refractivity contribution in [1.29, 1.82) is 0 Å². The molecule has 100 valence electrons. The molecule has 1 unspecified atom stereocenters. The normalized spacial score (nSPS) is 20.5. The second kappa shape index (κ2) is 4.88. The van der Waals surface area contributed by atoms with Crippen LogP contribution in [0.2, 0.25) is 0 Å². The Balaban J connectivity index is 2.16. The molecule has 3 nitrogen and oxygen atoms in total. The van der Waals surface area contributed by atoms with Crippen LogP contribution in [0.15, 0.2) is 12.1 Å². The van der Waals surface area contributed by atoms with Crippen LogP contribution in [-0.4, -0.2) is 23.2 Å². The second-order valence-corrected chi connectivity index (χ2v) is 6.43. The molecule has 1 N–H and O–H groups in total. The SMILES string of the molecule is Cc1cc(CO)cc(N2CCC(C(C)(C)C)C2)n1. The summed E-state index contributed by atoms with van der Waals surface area (Å²) in [6.45, 7) is 11.2. The maximum atomic E-state index is 9.26. The molecule has 1 saturated heterocycles. The summed E-state index contributed by atoms with van der Waals surface area (Å²) in [5.41, 5.74) is 2.30. The minimum absolute atomic E-state index is 0.0902. The molecule has 0 radical (unpaired) electrons. The van der Waals surface area contributed by atoms with Crippen molar-refractivity contribution in [2.24, 2.45) is 11.3 Å². The number of hydrogen-bond acceptors (Lipinski definition) is 3. The van der Waals surface area contributed by atoms with Crippen molar-refractivity contribution in [3.05, 3.63) is 23.4 Å². The van der Waals surface area contributed by atoms with Crippen molar-refractivity contribution in [3.8, 4) is 0 Å². The molecule has 0 amide bonds. The third-order valence-electron chi connectivity index (χ3n) is 3.92. The van der Waals surface area contributed by atoms with Gasteiger partial charge in [-0.2, -0.15) is 0 Å². The van der Waals surface area contributed by atoms with Crippen LogP contribution < -0.4 is 4.90 Å². The monoisotopic (exact) mass is 248 g/mol. The number of aliphatic hydroxyl groups excluding tert-OH is 1. The second-order valence-electron chi connectivity index (χ2n) is 6.43. The van der Waals surface area contributed by atoms with E-state index in [1.165, 1.54) is 6.42 Å². The van der Waals surface area contributed by atoms with Gasteiger partial charge in [0, 0.05) is 18.8 Å². The van der Waals surface area contributed by atoms with Gasteiger partial charge in [0.25, 0.3) is 0 Å². The van der Waals surface area contributed by atoms with Crippen molar-refractivity contribution < 1.29 is 5.11 Å². The third-order valence-corrected chi connectivity index (χ3v) is 3.92. The van der Waals surface area contributed by atoms with Gasteiger partial charge in [-0.05, 0) is 42.4 Å². The van der Waals surface area contributed by atoms with Crippen LogP contribution in [0, 0.1) is 18.3 Å². The first-order valence-corrected chi connectivity index (χ1v) is 6.73. The predicted molar refractivity (Wildman–Crippen MR) is 74.7 cm³/mol. The van der Waals surface area contributed by atoms with Crippen LogP contribution in [0.5, 0.6) is 0 Å². The van der Waals surface area contributed by atoms with Gasteiger partial charge in [-0.3, -0.25) is 0 Å². The molecule has 2 rings (SSSR count). The fraction of sp³-hybridized carbons (Fsp3) is 0.667. The summed E-state index contributed by atoms with van der Waals surface area (Å²) in [7, 11) is 0. The number of nitrogens with zero attached hydrogens (tertiary/aromatic N) is 2. The van der Waals surface area contributed by atoms with E-state index < -0.39 is 0 Å². The topological polar surface area (TPSA) is 36.4 Å². The lowest BCUT2D eigenvalue weighted by molar-refractivity contribution is 0.263. The Morgan fingerprint density at radius 2 is 2.11 bits per heavy atom. The molecule has 0 saturated carbocycles. The molecule has 0 spiro atoms. The Morgan fingerprint density at radius 1 is 1.39 bits per heavy atom. The highest BCUT2D eigenvalue weighted by Gasteiger charge is 2.32. The highest BCUT2D eigenvalue weighted by Crippen LogP contribution is 2.35. The molecule has 1 fully saturated rings. The number of pyridine rings is 1. The van der Waals surface area contributed by atoms with E-state index in [-0.39, 0.29) is 6.61 Å². The number of hydrogen-bond donors (Lipinski definition) is 1. The molecule has 1 atom stereocenters. The van der Waals surface area contributed by atoms with E-state index in [9.17, 15) is 5.11 Å². The lowest BCUT2D eigenvalue weighted by Gasteiger charge is -2.27. The summed E-state index contributed by atoms with van der Waals surface area (Å²) in [4.78, 5) is 6.94. The van der Waals surface area contributed by atoms with E-state index in [1.807, 2.05) is 19.1 Å². The molecule has 0 aliphatic carbocycles. The average molecular weight is 248 g/mol. The van der Waals surface area contributed by atoms with Gasteiger partial charge in [-0.25, -0.2) is 4.98 Å². The summed E-state index contributed by atoms with van der Waals surface area (Å²) in [6, 6.07) is 3.96. The lowest BCUT2D eigenvalue weighted by atomic mass is 9.80. The van der Waals surface area contributed by atoms with E-state index in [1.54, 1.807) is 0 Å². The fourth-order valence-electron chi connectivity index (χ4n) is 2.65. The molecular formula is C15H24N2O. The number of anilines is 1. The maximum absolute atomic E-state index is 9.26. The minimum Gasteiger partial charge on any atom is -0.392 e. The highest BCUT2D eigenvalue weighted by atomic mass is 16.3. The van der Waals surface area contributed by atoms with Crippen molar-refractivity contribution in [2.45, 2.75) is 40.7 Å². The molecule has 0 bridgehead atoms. The third kappa shape index (κ3) is 2.83. The van der Waals surface area contributed by atoms with E-state index in [2.05, 4.69) is 30.7 Å². The zero-order chi connectivity index (χ0) is 13.3. The Kier molecular flexibility index (Phi) is 3.62. The van der Waals surface area contributed by atoms with E-state index >= 15 is 0 Å². The molecule has 2 heterocycles. The minimum atomic E-state index is 0.0902. The Bertz CT molecular complexity index is 423. The zero-order valence-corrected chi connectivity index (χ0v) is 11.9. The van der Waals surface area contributed by atoms with Gasteiger partial charge in [0.05, 0.1) is 6.61 Å². The number of aromatic nitrogens is 1. The van der Waals surface area contributed by atoms with Gasteiger partial charge >= 0.3 is 0 Å². The number of aliphatic hydroxyl groups is 1. The van der Waals surface area contributed by atoms with Gasteiger partial charge in [0.2, 0.25) is 0 Å². The summed E-state index contributed by atoms with van der Waals surface area (Å²) < 4.78 is 0. The smallest absolute Gasteiger partial charge is 0.129 e. The van der Waals surface area contributed by atoms with Crippen molar-refractivity contribution in [2.75, 3.05) is 18.0 Å². The largest absolute Gasteiger partial charge is 0.392 e. The Hall–Kier alpha value is -1.09. The lowest BCUT2D eigenvalue weighted by Crippen LogP contribution is -2.26. The standard InChI is InChI=1S/C15H24N2O/c1-11-7-12(10-18)8-14(16-11)17-6-5-13(9-17)15(2,3)4/h7-8,13,18H,5-6,9-10H2,1-4H3. The highest BCUT2D eigenvalue weighted by molar-refractivity contribution is 5.43. The molecule has 1 aromatic rings. The predicted octanol–water partition coefficient (Wildman–Crippen LogP) is 2.75. The molecular weight excluding hydrogens is 224 g/mol. The van der Waals surface area contributed by atoms with Crippen LogP contribution in [0.25, 0.3) is 0 Å². The summed E-state index contributed by atoms with van der Waals surface area (Å²) in [5.74, 6) is 1.74. The Labute approximate surface area is 110 Å². The molecule has 1 aliphatic heterocycles. The molecule has 3 heteroatoms. The van der Waals surface area contributed by atoms with E-state index in [4.69, 9.17) is 0 Å². The van der Waals surface area contributed by atoms with Gasteiger partial charge in [0.1, 0.15) is 5.82 Å². The van der Waals surface area contributed by atoms with Gasteiger partial charge in [-0.1, -0.05) is 20.8 Å². The van der Waals surface area contributed by atoms with Crippen LogP contribution >= 0.6 is 0 Å². The fourth-order valence-corrected chi connectivity index (χ4v) is 2.65. The van der Waals surface area contributed by atoms with E-state index in [0.29, 0.717) is 5.41 Å². The van der Waals surface area contributed by atoms with Gasteiger partial charge < -0.3 is 10.0 Å².